The Bertz CT molecular complexity index is 766. The number of hydrogen-bond acceptors (Lipinski definition) is 2. The van der Waals surface area contributed by atoms with Crippen LogP contribution in [0.25, 0.3) is 10.8 Å². The first-order valence-electron chi connectivity index (χ1n) is 6.44. The van der Waals surface area contributed by atoms with Crippen LogP contribution in [-0.2, 0) is 6.54 Å². The molecule has 102 valence electrons. The summed E-state index contributed by atoms with van der Waals surface area (Å²) < 4.78 is 1.47. The van der Waals surface area contributed by atoms with Crippen molar-refractivity contribution in [1.82, 2.24) is 9.88 Å². The van der Waals surface area contributed by atoms with Crippen molar-refractivity contribution in [3.8, 4) is 12.3 Å². The monoisotopic (exact) mass is 268 g/mol. The smallest absolute Gasteiger partial charge is 0.268 e. The molecule has 0 aliphatic heterocycles. The van der Waals surface area contributed by atoms with Gasteiger partial charge in [0.05, 0.1) is 6.54 Å². The number of nitrogens with one attached hydrogen (secondary N) is 1. The lowest BCUT2D eigenvalue weighted by molar-refractivity contribution is 0.0948. The van der Waals surface area contributed by atoms with E-state index in [0.717, 1.165) is 10.9 Å². The molecular formula is C16H16N2O2. The molecule has 0 atom stereocenters. The summed E-state index contributed by atoms with van der Waals surface area (Å²) in [5, 5.41) is 3.98. The van der Waals surface area contributed by atoms with Crippen molar-refractivity contribution in [2.75, 3.05) is 6.54 Å². The van der Waals surface area contributed by atoms with E-state index >= 15 is 0 Å². The fourth-order valence-corrected chi connectivity index (χ4v) is 2.19. The van der Waals surface area contributed by atoms with E-state index in [4.69, 9.17) is 6.42 Å². The van der Waals surface area contributed by atoms with E-state index in [1.165, 1.54) is 4.57 Å². The second-order valence-electron chi connectivity index (χ2n) is 4.56. The van der Waals surface area contributed by atoms with E-state index in [1.807, 2.05) is 32.0 Å². The molecule has 20 heavy (non-hydrogen) atoms. The predicted molar refractivity (Wildman–Crippen MR) is 79.8 cm³/mol. The largest absolute Gasteiger partial charge is 0.340 e. The van der Waals surface area contributed by atoms with Gasteiger partial charge in [-0.25, -0.2) is 0 Å². The van der Waals surface area contributed by atoms with Gasteiger partial charge in [-0.3, -0.25) is 9.59 Å². The number of carbonyl (C=O) groups excluding carboxylic acids is 1. The van der Waals surface area contributed by atoms with Crippen LogP contribution in [0.3, 0.4) is 0 Å². The Kier molecular flexibility index (Phi) is 3.90. The molecule has 0 bridgehead atoms. The maximum absolute atomic E-state index is 12.5. The van der Waals surface area contributed by atoms with Crippen LogP contribution in [-0.4, -0.2) is 17.0 Å². The highest BCUT2D eigenvalue weighted by Crippen LogP contribution is 2.14. The van der Waals surface area contributed by atoms with E-state index in [0.29, 0.717) is 17.6 Å². The molecule has 1 N–H and O–H groups in total. The van der Waals surface area contributed by atoms with Crippen molar-refractivity contribution in [1.29, 1.82) is 0 Å². The topological polar surface area (TPSA) is 51.1 Å². The van der Waals surface area contributed by atoms with Gasteiger partial charge in [-0.15, -0.1) is 6.42 Å². The average Bonchev–Trinajstić information content (AvgIpc) is 2.45. The van der Waals surface area contributed by atoms with Crippen molar-refractivity contribution in [2.24, 2.45) is 0 Å². The van der Waals surface area contributed by atoms with Crippen LogP contribution < -0.4 is 10.9 Å². The summed E-state index contributed by atoms with van der Waals surface area (Å²) in [4.78, 5) is 24.5. The average molecular weight is 268 g/mol. The number of hydrogen-bond donors (Lipinski definition) is 1. The number of nitrogens with zero attached hydrogens (tertiary/aromatic N) is 1. The Morgan fingerprint density at radius 2 is 2.15 bits per heavy atom. The normalized spacial score (nSPS) is 10.2. The van der Waals surface area contributed by atoms with E-state index in [1.54, 1.807) is 6.07 Å². The van der Waals surface area contributed by atoms with E-state index in [9.17, 15) is 9.59 Å². The molecule has 0 aliphatic carbocycles. The number of carbonyl (C=O) groups is 1. The number of rotatable bonds is 3. The van der Waals surface area contributed by atoms with Crippen LogP contribution in [0.2, 0.25) is 0 Å². The second-order valence-corrected chi connectivity index (χ2v) is 4.56. The van der Waals surface area contributed by atoms with E-state index < -0.39 is 0 Å². The molecule has 0 fully saturated rings. The SMILES string of the molecule is C#CCNC(=O)c1cc2ccc(C)cc2c(=O)n1CC. The Hall–Kier alpha value is -2.54. The molecule has 0 saturated heterocycles. The fraction of sp³-hybridized carbons (Fsp3) is 0.250. The van der Waals surface area contributed by atoms with Gasteiger partial charge in [-0.2, -0.15) is 0 Å². The predicted octanol–water partition coefficient (Wildman–Crippen LogP) is 1.69. The number of fused-ring (bicyclic) bond motifs is 1. The lowest BCUT2D eigenvalue weighted by atomic mass is 10.1. The summed E-state index contributed by atoms with van der Waals surface area (Å²) in [7, 11) is 0. The number of aromatic nitrogens is 1. The fourth-order valence-electron chi connectivity index (χ4n) is 2.19. The van der Waals surface area contributed by atoms with Gasteiger partial charge < -0.3 is 9.88 Å². The van der Waals surface area contributed by atoms with Gasteiger partial charge in [0.2, 0.25) is 0 Å². The molecule has 2 rings (SSSR count). The first kappa shape index (κ1) is 13.9. The Balaban J connectivity index is 2.67. The van der Waals surface area contributed by atoms with Gasteiger partial charge >= 0.3 is 0 Å². The molecule has 0 radical (unpaired) electrons. The lowest BCUT2D eigenvalue weighted by Gasteiger charge is -2.12. The second kappa shape index (κ2) is 5.62. The third kappa shape index (κ3) is 2.43. The van der Waals surface area contributed by atoms with Crippen LogP contribution in [0.4, 0.5) is 0 Å². The third-order valence-corrected chi connectivity index (χ3v) is 3.17. The maximum atomic E-state index is 12.5. The summed E-state index contributed by atoms with van der Waals surface area (Å²) in [6, 6.07) is 7.34. The van der Waals surface area contributed by atoms with E-state index in [-0.39, 0.29) is 18.0 Å². The minimum atomic E-state index is -0.329. The number of benzene rings is 1. The number of aryl methyl sites for hydroxylation is 1. The van der Waals surface area contributed by atoms with Gasteiger partial charge in [0.25, 0.3) is 11.5 Å². The molecule has 4 heteroatoms. The summed E-state index contributed by atoms with van der Waals surface area (Å²) in [5.41, 5.74) is 1.20. The van der Waals surface area contributed by atoms with Crippen LogP contribution >= 0.6 is 0 Å². The summed E-state index contributed by atoms with van der Waals surface area (Å²) >= 11 is 0. The Labute approximate surface area is 117 Å². The standard InChI is InChI=1S/C16H16N2O2/c1-4-8-17-15(19)14-10-12-7-6-11(3)9-13(12)16(20)18(14)5-2/h1,6-7,9-10H,5,8H2,2-3H3,(H,17,19). The van der Waals surface area contributed by atoms with Crippen molar-refractivity contribution in [3.05, 3.63) is 45.9 Å². The maximum Gasteiger partial charge on any atom is 0.268 e. The highest BCUT2D eigenvalue weighted by atomic mass is 16.2. The molecular weight excluding hydrogens is 252 g/mol. The van der Waals surface area contributed by atoms with Crippen LogP contribution in [0.5, 0.6) is 0 Å². The highest BCUT2D eigenvalue weighted by molar-refractivity contribution is 5.96. The van der Waals surface area contributed by atoms with Crippen LogP contribution in [0, 0.1) is 19.3 Å². The van der Waals surface area contributed by atoms with Crippen molar-refractivity contribution in [2.45, 2.75) is 20.4 Å². The Morgan fingerprint density at radius 1 is 1.40 bits per heavy atom. The molecule has 2 aromatic rings. The summed E-state index contributed by atoms with van der Waals surface area (Å²) in [5.74, 6) is 2.02. The van der Waals surface area contributed by atoms with Crippen LogP contribution in [0.1, 0.15) is 23.0 Å². The van der Waals surface area contributed by atoms with Crippen LogP contribution in [0.15, 0.2) is 29.1 Å². The molecule has 0 unspecified atom stereocenters. The van der Waals surface area contributed by atoms with Crippen molar-refractivity contribution in [3.63, 3.8) is 0 Å². The first-order valence-corrected chi connectivity index (χ1v) is 6.44. The minimum Gasteiger partial charge on any atom is -0.340 e. The molecule has 1 aromatic heterocycles. The molecule has 0 saturated carbocycles. The highest BCUT2D eigenvalue weighted by Gasteiger charge is 2.14. The number of pyridine rings is 1. The molecule has 0 aliphatic rings. The lowest BCUT2D eigenvalue weighted by Crippen LogP contribution is -2.32. The molecule has 4 nitrogen and oxygen atoms in total. The third-order valence-electron chi connectivity index (χ3n) is 3.17. The van der Waals surface area contributed by atoms with Gasteiger partial charge in [0, 0.05) is 11.9 Å². The zero-order valence-corrected chi connectivity index (χ0v) is 11.6. The summed E-state index contributed by atoms with van der Waals surface area (Å²) in [6.07, 6.45) is 5.13. The molecule has 1 heterocycles. The number of terminal acetylenes is 1. The number of amides is 1. The van der Waals surface area contributed by atoms with Gasteiger partial charge in [-0.05, 0) is 31.4 Å². The molecule has 1 aromatic carbocycles. The minimum absolute atomic E-state index is 0.142. The molecule has 1 amide bonds. The first-order chi connectivity index (χ1) is 9.58. The van der Waals surface area contributed by atoms with Gasteiger partial charge in [-0.1, -0.05) is 23.6 Å². The molecule has 0 spiro atoms. The Morgan fingerprint density at radius 3 is 2.80 bits per heavy atom. The van der Waals surface area contributed by atoms with Gasteiger partial charge in [0.15, 0.2) is 0 Å². The van der Waals surface area contributed by atoms with E-state index in [2.05, 4.69) is 11.2 Å². The van der Waals surface area contributed by atoms with Gasteiger partial charge in [0.1, 0.15) is 5.69 Å². The summed E-state index contributed by atoms with van der Waals surface area (Å²) in [6.45, 7) is 4.34. The zero-order chi connectivity index (χ0) is 14.7. The quantitative estimate of drug-likeness (QED) is 0.861. The zero-order valence-electron chi connectivity index (χ0n) is 11.6. The van der Waals surface area contributed by atoms with Crippen molar-refractivity contribution >= 4 is 16.7 Å². The van der Waals surface area contributed by atoms with Crippen molar-refractivity contribution < 1.29 is 4.79 Å².